The zero-order chi connectivity index (χ0) is 16.5. The number of carboxylic acids is 1. The van der Waals surface area contributed by atoms with Crippen molar-refractivity contribution in [3.8, 4) is 0 Å². The molecule has 0 aliphatic rings. The molecule has 0 unspecified atom stereocenters. The second-order valence-electron chi connectivity index (χ2n) is 5.60. The summed E-state index contributed by atoms with van der Waals surface area (Å²) in [5.74, 6) is -1.10. The molecule has 0 rings (SSSR count). The van der Waals surface area contributed by atoms with Gasteiger partial charge in [-0.1, -0.05) is 63.3 Å². The first kappa shape index (κ1) is 20.9. The molecule has 1 atom stereocenters. The molecule has 0 aromatic heterocycles. The lowest BCUT2D eigenvalue weighted by atomic mass is 10.1. The fourth-order valence-electron chi connectivity index (χ4n) is 2.19. The molecule has 0 spiro atoms. The Morgan fingerprint density at radius 3 is 2.09 bits per heavy atom. The molecule has 4 heteroatoms. The molecule has 0 aliphatic heterocycles. The summed E-state index contributed by atoms with van der Waals surface area (Å²) in [6.45, 7) is 2.22. The van der Waals surface area contributed by atoms with Gasteiger partial charge in [-0.3, -0.25) is 5.26 Å². The van der Waals surface area contributed by atoms with E-state index in [0.29, 0.717) is 6.42 Å². The van der Waals surface area contributed by atoms with Crippen LogP contribution in [0.5, 0.6) is 0 Å². The maximum absolute atomic E-state index is 10.6. The minimum atomic E-state index is -1.10. The van der Waals surface area contributed by atoms with E-state index in [-0.39, 0.29) is 0 Å². The highest BCUT2D eigenvalue weighted by Gasteiger charge is 2.16. The quantitative estimate of drug-likeness (QED) is 0.185. The van der Waals surface area contributed by atoms with E-state index < -0.39 is 12.1 Å². The van der Waals surface area contributed by atoms with Gasteiger partial charge in [-0.2, -0.15) is 0 Å². The molecule has 4 nitrogen and oxygen atoms in total. The average molecular weight is 312 g/mol. The number of allylic oxidation sites excluding steroid dienone is 4. The second kappa shape index (κ2) is 16.2. The molecule has 0 heterocycles. The zero-order valence-corrected chi connectivity index (χ0v) is 13.9. The van der Waals surface area contributed by atoms with Crippen molar-refractivity contribution in [1.29, 1.82) is 0 Å². The zero-order valence-electron chi connectivity index (χ0n) is 13.9. The molecule has 0 fully saturated rings. The Kier molecular flexibility index (Phi) is 15.4. The third-order valence-electron chi connectivity index (χ3n) is 3.57. The molecule has 0 aromatic carbocycles. The molecule has 0 amide bonds. The van der Waals surface area contributed by atoms with Crippen molar-refractivity contribution in [3.63, 3.8) is 0 Å². The Balaban J connectivity index is 3.35. The van der Waals surface area contributed by atoms with Crippen LogP contribution in [0.2, 0.25) is 0 Å². The topological polar surface area (TPSA) is 66.8 Å². The summed E-state index contributed by atoms with van der Waals surface area (Å²) in [4.78, 5) is 14.5. The molecular formula is C18H32O4. The van der Waals surface area contributed by atoms with Crippen molar-refractivity contribution in [2.75, 3.05) is 0 Å². The summed E-state index contributed by atoms with van der Waals surface area (Å²) in [7, 11) is 0. The lowest BCUT2D eigenvalue weighted by molar-refractivity contribution is -0.277. The summed E-state index contributed by atoms with van der Waals surface area (Å²) in [6, 6.07) is 0. The summed E-state index contributed by atoms with van der Waals surface area (Å²) >= 11 is 0. The summed E-state index contributed by atoms with van der Waals surface area (Å²) in [6.07, 6.45) is 19.3. The van der Waals surface area contributed by atoms with Crippen LogP contribution in [-0.2, 0) is 9.68 Å². The SMILES string of the molecule is CCCCC/C=C\C/C=C\CCCCCC[C@@H](OO)C(=O)O. The van der Waals surface area contributed by atoms with Crippen LogP contribution in [0.4, 0.5) is 0 Å². The van der Waals surface area contributed by atoms with Crippen LogP contribution >= 0.6 is 0 Å². The normalized spacial score (nSPS) is 13.2. The van der Waals surface area contributed by atoms with Gasteiger partial charge < -0.3 is 5.11 Å². The van der Waals surface area contributed by atoms with Gasteiger partial charge in [-0.05, 0) is 38.5 Å². The number of carbonyl (C=O) groups is 1. The van der Waals surface area contributed by atoms with Crippen LogP contribution in [0, 0.1) is 0 Å². The van der Waals surface area contributed by atoms with Crippen molar-refractivity contribution in [3.05, 3.63) is 24.3 Å². The van der Waals surface area contributed by atoms with Crippen LogP contribution in [-0.4, -0.2) is 22.4 Å². The van der Waals surface area contributed by atoms with Crippen molar-refractivity contribution in [1.82, 2.24) is 0 Å². The highest BCUT2D eigenvalue weighted by Crippen LogP contribution is 2.10. The van der Waals surface area contributed by atoms with E-state index in [1.54, 1.807) is 0 Å². The highest BCUT2D eigenvalue weighted by molar-refractivity contribution is 5.72. The predicted octanol–water partition coefficient (Wildman–Crippen LogP) is 5.35. The number of rotatable bonds is 15. The van der Waals surface area contributed by atoms with Crippen molar-refractivity contribution in [2.24, 2.45) is 0 Å². The molecule has 128 valence electrons. The van der Waals surface area contributed by atoms with Crippen LogP contribution in [0.1, 0.15) is 77.6 Å². The molecule has 0 radical (unpaired) electrons. The van der Waals surface area contributed by atoms with E-state index in [1.165, 1.54) is 25.7 Å². The fourth-order valence-corrected chi connectivity index (χ4v) is 2.19. The van der Waals surface area contributed by atoms with E-state index in [2.05, 4.69) is 36.1 Å². The molecule has 0 aromatic rings. The van der Waals surface area contributed by atoms with E-state index >= 15 is 0 Å². The highest BCUT2D eigenvalue weighted by atomic mass is 17.1. The third-order valence-corrected chi connectivity index (χ3v) is 3.57. The largest absolute Gasteiger partial charge is 0.479 e. The lowest BCUT2D eigenvalue weighted by Crippen LogP contribution is -2.22. The molecule has 0 saturated carbocycles. The maximum Gasteiger partial charge on any atom is 0.336 e. The summed E-state index contributed by atoms with van der Waals surface area (Å²) in [5.41, 5.74) is 0. The van der Waals surface area contributed by atoms with E-state index in [9.17, 15) is 4.79 Å². The Labute approximate surface area is 134 Å². The van der Waals surface area contributed by atoms with Gasteiger partial charge in [0.1, 0.15) is 0 Å². The van der Waals surface area contributed by atoms with Crippen molar-refractivity contribution in [2.45, 2.75) is 83.7 Å². The van der Waals surface area contributed by atoms with Crippen LogP contribution in [0.3, 0.4) is 0 Å². The predicted molar refractivity (Wildman–Crippen MR) is 89.9 cm³/mol. The van der Waals surface area contributed by atoms with Crippen molar-refractivity contribution >= 4 is 5.97 Å². The summed E-state index contributed by atoms with van der Waals surface area (Å²) < 4.78 is 0. The first-order chi connectivity index (χ1) is 10.7. The molecule has 0 aliphatic carbocycles. The first-order valence-electron chi connectivity index (χ1n) is 8.55. The van der Waals surface area contributed by atoms with Crippen molar-refractivity contribution < 1.29 is 20.0 Å². The fraction of sp³-hybridized carbons (Fsp3) is 0.722. The molecular weight excluding hydrogens is 280 g/mol. The minimum absolute atomic E-state index is 0.366. The Hall–Kier alpha value is -1.13. The molecule has 22 heavy (non-hydrogen) atoms. The van der Waals surface area contributed by atoms with Gasteiger partial charge in [-0.25, -0.2) is 9.68 Å². The van der Waals surface area contributed by atoms with Gasteiger partial charge in [0, 0.05) is 0 Å². The molecule has 0 bridgehead atoms. The lowest BCUT2D eigenvalue weighted by Gasteiger charge is -2.07. The second-order valence-corrected chi connectivity index (χ2v) is 5.60. The van der Waals surface area contributed by atoms with E-state index in [0.717, 1.165) is 38.5 Å². The van der Waals surface area contributed by atoms with Gasteiger partial charge in [0.25, 0.3) is 0 Å². The minimum Gasteiger partial charge on any atom is -0.479 e. The first-order valence-corrected chi connectivity index (χ1v) is 8.55. The van der Waals surface area contributed by atoms with Gasteiger partial charge >= 0.3 is 5.97 Å². The number of hydrogen-bond acceptors (Lipinski definition) is 3. The Bertz CT molecular complexity index is 310. The third kappa shape index (κ3) is 13.8. The standard InChI is InChI=1S/C18H32O4/c1-2-3-4-5-6-7-8-9-10-11-12-13-14-15-16-17(22-21)18(19)20/h6-7,9-10,17,21H,2-5,8,11-16H2,1H3,(H,19,20)/b7-6-,10-9-/t17-/m1/s1. The van der Waals surface area contributed by atoms with Crippen LogP contribution in [0.15, 0.2) is 24.3 Å². The maximum atomic E-state index is 10.6. The molecule has 2 N–H and O–H groups in total. The average Bonchev–Trinajstić information content (AvgIpc) is 2.51. The number of unbranched alkanes of at least 4 members (excludes halogenated alkanes) is 7. The van der Waals surface area contributed by atoms with E-state index in [1.807, 2.05) is 0 Å². The number of aliphatic carboxylic acids is 1. The van der Waals surface area contributed by atoms with Gasteiger partial charge in [0.15, 0.2) is 6.10 Å². The summed E-state index contributed by atoms with van der Waals surface area (Å²) in [5, 5.41) is 17.1. The smallest absolute Gasteiger partial charge is 0.336 e. The number of carboxylic acid groups (broad SMARTS) is 1. The monoisotopic (exact) mass is 312 g/mol. The van der Waals surface area contributed by atoms with Gasteiger partial charge in [0.2, 0.25) is 0 Å². The van der Waals surface area contributed by atoms with Gasteiger partial charge in [-0.15, -0.1) is 0 Å². The van der Waals surface area contributed by atoms with E-state index in [4.69, 9.17) is 10.4 Å². The molecule has 0 saturated heterocycles. The Morgan fingerprint density at radius 2 is 1.55 bits per heavy atom. The van der Waals surface area contributed by atoms with Crippen LogP contribution < -0.4 is 0 Å². The number of hydrogen-bond donors (Lipinski definition) is 2. The van der Waals surface area contributed by atoms with Gasteiger partial charge in [0.05, 0.1) is 0 Å². The Morgan fingerprint density at radius 1 is 0.955 bits per heavy atom. The van der Waals surface area contributed by atoms with Crippen LogP contribution in [0.25, 0.3) is 0 Å².